The van der Waals surface area contributed by atoms with Gasteiger partial charge < -0.3 is 5.32 Å². The average Bonchev–Trinajstić information content (AvgIpc) is 2.43. The van der Waals surface area contributed by atoms with Crippen molar-refractivity contribution in [3.63, 3.8) is 0 Å². The molecule has 2 aromatic carbocycles. The second-order valence-corrected chi connectivity index (χ2v) is 4.70. The monoisotopic (exact) mass is 308 g/mol. The van der Waals surface area contributed by atoms with Crippen molar-refractivity contribution in [3.8, 4) is 6.07 Å². The summed E-state index contributed by atoms with van der Waals surface area (Å²) in [6, 6.07) is 9.93. The summed E-state index contributed by atoms with van der Waals surface area (Å²) in [5, 5.41) is 11.6. The molecule has 0 aliphatic carbocycles. The van der Waals surface area contributed by atoms with Gasteiger partial charge in [0.2, 0.25) is 0 Å². The lowest BCUT2D eigenvalue weighted by Gasteiger charge is -2.07. The Labute approximate surface area is 124 Å². The fourth-order valence-corrected chi connectivity index (χ4v) is 1.82. The van der Waals surface area contributed by atoms with Gasteiger partial charge in [0.15, 0.2) is 0 Å². The summed E-state index contributed by atoms with van der Waals surface area (Å²) in [7, 11) is 0. The molecule has 1 amide bonds. The van der Waals surface area contributed by atoms with Crippen molar-refractivity contribution in [2.24, 2.45) is 0 Å². The summed E-state index contributed by atoms with van der Waals surface area (Å²) < 4.78 is 13.6. The molecule has 100 valence electrons. The Bertz CT molecular complexity index is 726. The number of amides is 1. The van der Waals surface area contributed by atoms with Crippen LogP contribution in [0.4, 0.5) is 10.1 Å². The van der Waals surface area contributed by atoms with E-state index >= 15 is 0 Å². The van der Waals surface area contributed by atoms with Crippen LogP contribution in [0.1, 0.15) is 15.9 Å². The fraction of sp³-hybridized carbons (Fsp3) is 0. The molecule has 0 radical (unpaired) electrons. The molecule has 0 aliphatic heterocycles. The molecule has 0 bridgehead atoms. The van der Waals surface area contributed by atoms with Gasteiger partial charge in [-0.3, -0.25) is 4.79 Å². The summed E-state index contributed by atoms with van der Waals surface area (Å²) >= 11 is 11.6. The Balaban J connectivity index is 2.23. The predicted molar refractivity (Wildman–Crippen MR) is 75.5 cm³/mol. The van der Waals surface area contributed by atoms with Gasteiger partial charge in [0.25, 0.3) is 5.91 Å². The summed E-state index contributed by atoms with van der Waals surface area (Å²) in [5.74, 6) is -1.20. The van der Waals surface area contributed by atoms with Crippen LogP contribution in [0.15, 0.2) is 36.4 Å². The van der Waals surface area contributed by atoms with Crippen molar-refractivity contribution in [2.45, 2.75) is 0 Å². The van der Waals surface area contributed by atoms with Gasteiger partial charge in [0, 0.05) is 5.56 Å². The summed E-state index contributed by atoms with van der Waals surface area (Å²) in [6.07, 6.45) is 0. The van der Waals surface area contributed by atoms with Crippen LogP contribution in [-0.2, 0) is 0 Å². The Morgan fingerprint density at radius 3 is 2.50 bits per heavy atom. The van der Waals surface area contributed by atoms with Gasteiger partial charge >= 0.3 is 0 Å². The van der Waals surface area contributed by atoms with Crippen molar-refractivity contribution in [1.29, 1.82) is 5.26 Å². The third kappa shape index (κ3) is 3.08. The number of halogens is 3. The number of hydrogen-bond acceptors (Lipinski definition) is 2. The molecule has 0 aliphatic rings. The third-order valence-corrected chi connectivity index (χ3v) is 3.27. The number of nitrogens with one attached hydrogen (secondary N) is 1. The first-order valence-corrected chi connectivity index (χ1v) is 6.23. The van der Waals surface area contributed by atoms with Crippen LogP contribution in [-0.4, -0.2) is 5.91 Å². The highest BCUT2D eigenvalue weighted by Crippen LogP contribution is 2.23. The average molecular weight is 309 g/mol. The molecule has 2 rings (SSSR count). The van der Waals surface area contributed by atoms with Crippen LogP contribution >= 0.6 is 23.2 Å². The second-order valence-electron chi connectivity index (χ2n) is 3.89. The van der Waals surface area contributed by atoms with Crippen LogP contribution < -0.4 is 5.32 Å². The van der Waals surface area contributed by atoms with E-state index in [9.17, 15) is 9.18 Å². The van der Waals surface area contributed by atoms with Crippen molar-refractivity contribution >= 4 is 34.8 Å². The molecule has 0 unspecified atom stereocenters. The van der Waals surface area contributed by atoms with Gasteiger partial charge in [0.1, 0.15) is 5.82 Å². The largest absolute Gasteiger partial charge is 0.319 e. The van der Waals surface area contributed by atoms with Gasteiger partial charge in [-0.25, -0.2) is 4.39 Å². The van der Waals surface area contributed by atoms with Crippen LogP contribution in [0, 0.1) is 17.1 Å². The molecule has 0 saturated heterocycles. The number of anilines is 1. The highest BCUT2D eigenvalue weighted by Gasteiger charge is 2.11. The van der Waals surface area contributed by atoms with Gasteiger partial charge in [-0.1, -0.05) is 23.2 Å². The van der Waals surface area contributed by atoms with Crippen LogP contribution in [0.3, 0.4) is 0 Å². The molecule has 0 atom stereocenters. The topological polar surface area (TPSA) is 52.9 Å². The van der Waals surface area contributed by atoms with Crippen molar-refractivity contribution in [3.05, 3.63) is 63.4 Å². The molecule has 1 N–H and O–H groups in total. The highest BCUT2D eigenvalue weighted by molar-refractivity contribution is 6.42. The molecule has 0 heterocycles. The lowest BCUT2D eigenvalue weighted by Crippen LogP contribution is -2.13. The minimum absolute atomic E-state index is 0.0138. The minimum Gasteiger partial charge on any atom is -0.319 e. The van der Waals surface area contributed by atoms with Crippen molar-refractivity contribution in [2.75, 3.05) is 5.32 Å². The maximum absolute atomic E-state index is 13.6. The van der Waals surface area contributed by atoms with Gasteiger partial charge in [0.05, 0.1) is 27.4 Å². The molecule has 0 fully saturated rings. The molecule has 20 heavy (non-hydrogen) atoms. The second kappa shape index (κ2) is 5.91. The van der Waals surface area contributed by atoms with Gasteiger partial charge in [-0.05, 0) is 36.4 Å². The first kappa shape index (κ1) is 14.3. The van der Waals surface area contributed by atoms with E-state index in [4.69, 9.17) is 28.5 Å². The molecule has 0 aromatic heterocycles. The fourth-order valence-electron chi connectivity index (χ4n) is 1.52. The van der Waals surface area contributed by atoms with E-state index in [2.05, 4.69) is 5.32 Å². The number of rotatable bonds is 2. The number of nitriles is 1. The van der Waals surface area contributed by atoms with Crippen LogP contribution in [0.2, 0.25) is 10.0 Å². The Morgan fingerprint density at radius 2 is 1.90 bits per heavy atom. The molecule has 2 aromatic rings. The zero-order valence-corrected chi connectivity index (χ0v) is 11.5. The standard InChI is InChI=1S/C14H7Cl2FN2O/c15-10-3-2-9(6-11(10)16)14(20)19-13-4-1-8(7-18)5-12(13)17/h1-6H,(H,19,20). The summed E-state index contributed by atoms with van der Waals surface area (Å²) in [6.45, 7) is 0. The number of carbonyl (C=O) groups is 1. The van der Waals surface area contributed by atoms with E-state index in [-0.39, 0.29) is 21.8 Å². The van der Waals surface area contributed by atoms with E-state index in [1.165, 1.54) is 30.3 Å². The zero-order chi connectivity index (χ0) is 14.7. The maximum atomic E-state index is 13.6. The van der Waals surface area contributed by atoms with Crippen molar-refractivity contribution in [1.82, 2.24) is 0 Å². The molecular formula is C14H7Cl2FN2O. The van der Waals surface area contributed by atoms with E-state index < -0.39 is 11.7 Å². The number of carbonyl (C=O) groups excluding carboxylic acids is 1. The van der Waals surface area contributed by atoms with E-state index in [0.717, 1.165) is 6.07 Å². The van der Waals surface area contributed by atoms with E-state index in [1.807, 2.05) is 6.07 Å². The molecular weight excluding hydrogens is 302 g/mol. The SMILES string of the molecule is N#Cc1ccc(NC(=O)c2ccc(Cl)c(Cl)c2)c(F)c1. The molecule has 0 saturated carbocycles. The molecule has 0 spiro atoms. The summed E-state index contributed by atoms with van der Waals surface area (Å²) in [4.78, 5) is 11.9. The van der Waals surface area contributed by atoms with Crippen molar-refractivity contribution < 1.29 is 9.18 Å². The lowest BCUT2D eigenvalue weighted by molar-refractivity contribution is 0.102. The normalized spacial score (nSPS) is 9.90. The number of benzene rings is 2. The van der Waals surface area contributed by atoms with Gasteiger partial charge in [-0.15, -0.1) is 0 Å². The Kier molecular flexibility index (Phi) is 4.23. The maximum Gasteiger partial charge on any atom is 0.255 e. The molecule has 6 heteroatoms. The summed E-state index contributed by atoms with van der Waals surface area (Å²) in [5.41, 5.74) is 0.415. The number of hydrogen-bond donors (Lipinski definition) is 1. The van der Waals surface area contributed by atoms with E-state index in [1.54, 1.807) is 0 Å². The first-order chi connectivity index (χ1) is 9.51. The first-order valence-electron chi connectivity index (χ1n) is 5.47. The smallest absolute Gasteiger partial charge is 0.255 e. The van der Waals surface area contributed by atoms with Gasteiger partial charge in [-0.2, -0.15) is 5.26 Å². The Morgan fingerprint density at radius 1 is 1.15 bits per heavy atom. The molecule has 3 nitrogen and oxygen atoms in total. The predicted octanol–water partition coefficient (Wildman–Crippen LogP) is 4.26. The highest BCUT2D eigenvalue weighted by atomic mass is 35.5. The zero-order valence-electron chi connectivity index (χ0n) is 9.95. The number of nitrogens with zero attached hydrogens (tertiary/aromatic N) is 1. The van der Waals surface area contributed by atoms with Crippen LogP contribution in [0.5, 0.6) is 0 Å². The third-order valence-electron chi connectivity index (χ3n) is 2.53. The minimum atomic E-state index is -0.683. The van der Waals surface area contributed by atoms with E-state index in [0.29, 0.717) is 5.02 Å². The lowest BCUT2D eigenvalue weighted by atomic mass is 10.2. The van der Waals surface area contributed by atoms with Crippen LogP contribution in [0.25, 0.3) is 0 Å². The quantitative estimate of drug-likeness (QED) is 0.901. The Hall–Kier alpha value is -2.09.